The maximum atomic E-state index is 12.6. The SMILES string of the molecule is COc1ccc(-n2ccc(C(=O)NC3c4ccccc4CC3O)n2)cc1. The monoisotopic (exact) mass is 349 g/mol. The zero-order valence-electron chi connectivity index (χ0n) is 14.3. The summed E-state index contributed by atoms with van der Waals surface area (Å²) in [5.41, 5.74) is 3.16. The summed E-state index contributed by atoms with van der Waals surface area (Å²) in [7, 11) is 1.61. The number of benzene rings is 2. The van der Waals surface area contributed by atoms with Crippen molar-refractivity contribution in [2.75, 3.05) is 7.11 Å². The number of aromatic nitrogens is 2. The summed E-state index contributed by atoms with van der Waals surface area (Å²) in [5.74, 6) is 0.450. The number of carbonyl (C=O) groups is 1. The predicted octanol–water partition coefficient (Wildman–Crippen LogP) is 2.27. The highest BCUT2D eigenvalue weighted by molar-refractivity contribution is 5.92. The van der Waals surface area contributed by atoms with E-state index in [9.17, 15) is 9.90 Å². The number of fused-ring (bicyclic) bond motifs is 1. The molecule has 26 heavy (non-hydrogen) atoms. The summed E-state index contributed by atoms with van der Waals surface area (Å²) < 4.78 is 6.78. The van der Waals surface area contributed by atoms with Crippen LogP contribution in [0, 0.1) is 0 Å². The molecular weight excluding hydrogens is 330 g/mol. The second-order valence-electron chi connectivity index (χ2n) is 6.26. The van der Waals surface area contributed by atoms with Gasteiger partial charge in [0.2, 0.25) is 0 Å². The standard InChI is InChI=1S/C20H19N3O3/c1-26-15-8-6-14(7-9-15)23-11-10-17(22-23)20(25)21-19-16-5-3-2-4-13(16)12-18(19)24/h2-11,18-19,24H,12H2,1H3,(H,21,25). The van der Waals surface area contributed by atoms with Gasteiger partial charge in [-0.1, -0.05) is 24.3 Å². The van der Waals surface area contributed by atoms with Crippen LogP contribution in [0.15, 0.2) is 60.8 Å². The Morgan fingerprint density at radius 3 is 2.73 bits per heavy atom. The number of methoxy groups -OCH3 is 1. The third-order valence-electron chi connectivity index (χ3n) is 4.65. The first-order valence-electron chi connectivity index (χ1n) is 8.42. The number of amides is 1. The lowest BCUT2D eigenvalue weighted by Crippen LogP contribution is -2.34. The summed E-state index contributed by atoms with van der Waals surface area (Å²) in [6, 6.07) is 16.4. The molecule has 1 aliphatic carbocycles. The van der Waals surface area contributed by atoms with Gasteiger partial charge in [0.1, 0.15) is 5.75 Å². The van der Waals surface area contributed by atoms with Crippen LogP contribution >= 0.6 is 0 Å². The zero-order valence-corrected chi connectivity index (χ0v) is 14.3. The quantitative estimate of drug-likeness (QED) is 0.758. The zero-order chi connectivity index (χ0) is 18.1. The van der Waals surface area contributed by atoms with E-state index in [1.165, 1.54) is 0 Å². The Bertz CT molecular complexity index is 933. The molecule has 0 aliphatic heterocycles. The predicted molar refractivity (Wildman–Crippen MR) is 96.5 cm³/mol. The Morgan fingerprint density at radius 2 is 1.96 bits per heavy atom. The van der Waals surface area contributed by atoms with E-state index in [1.807, 2.05) is 48.5 Å². The van der Waals surface area contributed by atoms with Crippen LogP contribution in [0.2, 0.25) is 0 Å². The van der Waals surface area contributed by atoms with E-state index in [4.69, 9.17) is 4.74 Å². The summed E-state index contributed by atoms with van der Waals surface area (Å²) in [5, 5.41) is 17.5. The van der Waals surface area contributed by atoms with Gasteiger partial charge in [0, 0.05) is 12.6 Å². The van der Waals surface area contributed by atoms with Crippen LogP contribution in [0.25, 0.3) is 5.69 Å². The number of aliphatic hydroxyl groups excluding tert-OH is 1. The highest BCUT2D eigenvalue weighted by atomic mass is 16.5. The molecule has 0 fully saturated rings. The van der Waals surface area contributed by atoms with Gasteiger partial charge < -0.3 is 15.2 Å². The van der Waals surface area contributed by atoms with Crippen molar-refractivity contribution in [2.24, 2.45) is 0 Å². The molecule has 1 aliphatic rings. The minimum absolute atomic E-state index is 0.303. The van der Waals surface area contributed by atoms with Crippen molar-refractivity contribution in [3.8, 4) is 11.4 Å². The molecule has 2 aromatic carbocycles. The van der Waals surface area contributed by atoms with Gasteiger partial charge in [-0.05, 0) is 41.5 Å². The van der Waals surface area contributed by atoms with Crippen LogP contribution in [0.4, 0.5) is 0 Å². The second-order valence-corrected chi connectivity index (χ2v) is 6.26. The normalized spacial score (nSPS) is 18.4. The number of hydrogen-bond donors (Lipinski definition) is 2. The minimum atomic E-state index is -0.625. The number of aliphatic hydroxyl groups is 1. The molecule has 1 aromatic heterocycles. The first kappa shape index (κ1) is 16.4. The van der Waals surface area contributed by atoms with Gasteiger partial charge >= 0.3 is 0 Å². The molecule has 2 atom stereocenters. The van der Waals surface area contributed by atoms with Gasteiger partial charge in [0.25, 0.3) is 5.91 Å². The fraction of sp³-hybridized carbons (Fsp3) is 0.200. The van der Waals surface area contributed by atoms with Crippen LogP contribution in [0.3, 0.4) is 0 Å². The average Bonchev–Trinajstić information content (AvgIpc) is 3.27. The van der Waals surface area contributed by atoms with E-state index in [0.717, 1.165) is 22.6 Å². The van der Waals surface area contributed by atoms with Crippen LogP contribution < -0.4 is 10.1 Å². The van der Waals surface area contributed by atoms with E-state index in [2.05, 4.69) is 10.4 Å². The summed E-state index contributed by atoms with van der Waals surface area (Å²) in [4.78, 5) is 12.6. The Labute approximate surface area is 151 Å². The van der Waals surface area contributed by atoms with Crippen molar-refractivity contribution in [3.63, 3.8) is 0 Å². The summed E-state index contributed by atoms with van der Waals surface area (Å²) in [6.45, 7) is 0. The number of ether oxygens (including phenoxy) is 1. The van der Waals surface area contributed by atoms with Crippen LogP contribution in [-0.2, 0) is 6.42 Å². The third-order valence-corrected chi connectivity index (χ3v) is 4.65. The fourth-order valence-electron chi connectivity index (χ4n) is 3.29. The molecule has 2 unspecified atom stereocenters. The van der Waals surface area contributed by atoms with Gasteiger partial charge in [0.05, 0.1) is 24.9 Å². The van der Waals surface area contributed by atoms with E-state index in [-0.39, 0.29) is 5.91 Å². The van der Waals surface area contributed by atoms with Crippen molar-refractivity contribution >= 4 is 5.91 Å². The Hall–Kier alpha value is -3.12. The lowest BCUT2D eigenvalue weighted by Gasteiger charge is -2.17. The second kappa shape index (κ2) is 6.65. The molecule has 2 N–H and O–H groups in total. The van der Waals surface area contributed by atoms with E-state index >= 15 is 0 Å². The Morgan fingerprint density at radius 1 is 1.19 bits per heavy atom. The van der Waals surface area contributed by atoms with Crippen molar-refractivity contribution in [2.45, 2.75) is 18.6 Å². The molecule has 0 saturated carbocycles. The topological polar surface area (TPSA) is 76.4 Å². The smallest absolute Gasteiger partial charge is 0.272 e. The highest BCUT2D eigenvalue weighted by Crippen LogP contribution is 2.31. The van der Waals surface area contributed by atoms with Crippen molar-refractivity contribution in [1.82, 2.24) is 15.1 Å². The maximum Gasteiger partial charge on any atom is 0.272 e. The molecule has 0 bridgehead atoms. The van der Waals surface area contributed by atoms with Crippen LogP contribution in [0.1, 0.15) is 27.7 Å². The first-order chi connectivity index (χ1) is 12.7. The Kier molecular flexibility index (Phi) is 4.18. The van der Waals surface area contributed by atoms with Gasteiger partial charge in [0.15, 0.2) is 5.69 Å². The Balaban J connectivity index is 1.52. The molecule has 4 rings (SSSR count). The molecule has 0 radical (unpaired) electrons. The molecule has 0 spiro atoms. The highest BCUT2D eigenvalue weighted by Gasteiger charge is 2.32. The van der Waals surface area contributed by atoms with E-state index in [1.54, 1.807) is 24.1 Å². The largest absolute Gasteiger partial charge is 0.497 e. The maximum absolute atomic E-state index is 12.6. The molecule has 0 saturated heterocycles. The molecule has 3 aromatic rings. The summed E-state index contributed by atoms with van der Waals surface area (Å²) >= 11 is 0. The molecule has 1 heterocycles. The van der Waals surface area contributed by atoms with E-state index in [0.29, 0.717) is 12.1 Å². The first-order valence-corrected chi connectivity index (χ1v) is 8.42. The van der Waals surface area contributed by atoms with Crippen molar-refractivity contribution in [1.29, 1.82) is 0 Å². The minimum Gasteiger partial charge on any atom is -0.497 e. The number of carbonyl (C=O) groups excluding carboxylic acids is 1. The fourth-order valence-corrected chi connectivity index (χ4v) is 3.29. The lowest BCUT2D eigenvalue weighted by molar-refractivity contribution is 0.0853. The van der Waals surface area contributed by atoms with Gasteiger partial charge in [-0.2, -0.15) is 5.10 Å². The van der Waals surface area contributed by atoms with Crippen molar-refractivity contribution in [3.05, 3.63) is 77.6 Å². The van der Waals surface area contributed by atoms with Crippen LogP contribution in [0.5, 0.6) is 5.75 Å². The molecule has 1 amide bonds. The third kappa shape index (κ3) is 2.95. The molecule has 6 nitrogen and oxygen atoms in total. The number of hydrogen-bond acceptors (Lipinski definition) is 4. The van der Waals surface area contributed by atoms with Gasteiger partial charge in [-0.3, -0.25) is 4.79 Å². The summed E-state index contributed by atoms with van der Waals surface area (Å²) in [6.07, 6.45) is 1.65. The molecule has 132 valence electrons. The molecular formula is C20H19N3O3. The molecule has 6 heteroatoms. The number of rotatable bonds is 4. The lowest BCUT2D eigenvalue weighted by atomic mass is 10.1. The number of nitrogens with one attached hydrogen (secondary N) is 1. The van der Waals surface area contributed by atoms with Crippen LogP contribution in [-0.4, -0.2) is 34.0 Å². The average molecular weight is 349 g/mol. The van der Waals surface area contributed by atoms with E-state index < -0.39 is 12.1 Å². The van der Waals surface area contributed by atoms with Gasteiger partial charge in [-0.15, -0.1) is 0 Å². The van der Waals surface area contributed by atoms with Gasteiger partial charge in [-0.25, -0.2) is 4.68 Å². The van der Waals surface area contributed by atoms with Crippen molar-refractivity contribution < 1.29 is 14.6 Å². The number of nitrogens with zero attached hydrogens (tertiary/aromatic N) is 2.